The highest BCUT2D eigenvalue weighted by Crippen LogP contribution is 2.42. The second kappa shape index (κ2) is 11.6. The minimum absolute atomic E-state index is 0.0601. The van der Waals surface area contributed by atoms with E-state index < -0.39 is 12.0 Å². The van der Waals surface area contributed by atoms with E-state index in [9.17, 15) is 9.59 Å². The van der Waals surface area contributed by atoms with Crippen molar-refractivity contribution in [2.75, 3.05) is 19.5 Å². The van der Waals surface area contributed by atoms with Crippen LogP contribution in [-0.4, -0.2) is 47.5 Å². The normalized spacial score (nSPS) is 18.2. The highest BCUT2D eigenvalue weighted by Gasteiger charge is 2.42. The topological polar surface area (TPSA) is 77.4 Å². The number of unbranched alkanes of at least 4 members (excludes halogenated alkanes) is 3. The Hall–Kier alpha value is -2.48. The number of nitrogens with zero attached hydrogens (tertiary/aromatic N) is 2. The predicted octanol–water partition coefficient (Wildman–Crippen LogP) is 5.26. The fourth-order valence-corrected chi connectivity index (χ4v) is 4.94. The van der Waals surface area contributed by atoms with E-state index in [2.05, 4.69) is 11.9 Å². The first-order valence-electron chi connectivity index (χ1n) is 11.6. The zero-order valence-corrected chi connectivity index (χ0v) is 21.0. The summed E-state index contributed by atoms with van der Waals surface area (Å²) >= 11 is 1.52. The van der Waals surface area contributed by atoms with E-state index in [0.717, 1.165) is 18.4 Å². The summed E-state index contributed by atoms with van der Waals surface area (Å²) in [5.74, 6) is 1.37. The van der Waals surface area contributed by atoms with Crippen molar-refractivity contribution < 1.29 is 23.8 Å². The molecule has 8 heteroatoms. The summed E-state index contributed by atoms with van der Waals surface area (Å²) in [6.07, 6.45) is 4.57. The first-order valence-corrected chi connectivity index (χ1v) is 12.6. The molecule has 1 fully saturated rings. The van der Waals surface area contributed by atoms with Gasteiger partial charge in [-0.2, -0.15) is 0 Å². The van der Waals surface area contributed by atoms with Crippen LogP contribution in [0.1, 0.15) is 71.4 Å². The van der Waals surface area contributed by atoms with Crippen LogP contribution in [0.4, 0.5) is 0 Å². The maximum Gasteiger partial charge on any atom is 0.338 e. The fraction of sp³-hybridized carbons (Fsp3) is 0.560. The van der Waals surface area contributed by atoms with Gasteiger partial charge in [0.2, 0.25) is 5.91 Å². The van der Waals surface area contributed by atoms with Crippen molar-refractivity contribution >= 4 is 28.8 Å². The van der Waals surface area contributed by atoms with Crippen molar-refractivity contribution in [3.63, 3.8) is 0 Å². The summed E-state index contributed by atoms with van der Waals surface area (Å²) in [4.78, 5) is 32.2. The molecule has 0 aromatic heterocycles. The molecule has 2 heterocycles. The number of amidine groups is 1. The van der Waals surface area contributed by atoms with Gasteiger partial charge in [-0.25, -0.2) is 9.79 Å². The quantitative estimate of drug-likeness (QED) is 0.340. The number of aliphatic imine (C=N–C) groups is 1. The number of allylic oxidation sites excluding steroid dienone is 1. The Morgan fingerprint density at radius 2 is 2.03 bits per heavy atom. The fourth-order valence-electron chi connectivity index (χ4n) is 3.93. The Bertz CT molecular complexity index is 941. The van der Waals surface area contributed by atoms with Crippen molar-refractivity contribution in [3.8, 4) is 11.5 Å². The van der Waals surface area contributed by atoms with Crippen LogP contribution < -0.4 is 9.47 Å². The minimum atomic E-state index is -0.628. The van der Waals surface area contributed by atoms with Gasteiger partial charge in [-0.1, -0.05) is 44.0 Å². The third-order valence-electron chi connectivity index (χ3n) is 5.53. The van der Waals surface area contributed by atoms with Crippen molar-refractivity contribution in [2.24, 2.45) is 4.99 Å². The maximum absolute atomic E-state index is 13.1. The number of carbonyl (C=O) groups excluding carboxylic acids is 2. The Morgan fingerprint density at radius 3 is 2.73 bits per heavy atom. The molecule has 180 valence electrons. The summed E-state index contributed by atoms with van der Waals surface area (Å²) in [7, 11) is 1.59. The van der Waals surface area contributed by atoms with Gasteiger partial charge in [0.25, 0.3) is 0 Å². The van der Waals surface area contributed by atoms with Crippen LogP contribution in [0.3, 0.4) is 0 Å². The van der Waals surface area contributed by atoms with Crippen LogP contribution >= 0.6 is 11.8 Å². The molecule has 1 aromatic rings. The Labute approximate surface area is 200 Å². The number of esters is 1. The summed E-state index contributed by atoms with van der Waals surface area (Å²) in [6, 6.07) is 4.95. The van der Waals surface area contributed by atoms with Gasteiger partial charge in [-0.05, 0) is 44.9 Å². The van der Waals surface area contributed by atoms with E-state index in [4.69, 9.17) is 14.2 Å². The van der Waals surface area contributed by atoms with E-state index in [0.29, 0.717) is 46.7 Å². The Morgan fingerprint density at radius 1 is 1.24 bits per heavy atom. The number of rotatable bonds is 10. The van der Waals surface area contributed by atoms with Gasteiger partial charge in [-0.3, -0.25) is 9.69 Å². The van der Waals surface area contributed by atoms with Crippen LogP contribution in [0.15, 0.2) is 34.5 Å². The lowest BCUT2D eigenvalue weighted by Crippen LogP contribution is -2.46. The molecule has 1 atom stereocenters. The Kier molecular flexibility index (Phi) is 8.83. The van der Waals surface area contributed by atoms with Gasteiger partial charge in [0.05, 0.1) is 37.1 Å². The monoisotopic (exact) mass is 474 g/mol. The molecule has 1 saturated heterocycles. The molecule has 2 aliphatic rings. The molecule has 0 saturated carbocycles. The number of fused-ring (bicyclic) bond motifs is 1. The lowest BCUT2D eigenvalue weighted by Gasteiger charge is -2.39. The molecule has 0 radical (unpaired) electrons. The van der Waals surface area contributed by atoms with Crippen molar-refractivity contribution in [2.45, 2.75) is 71.9 Å². The first-order chi connectivity index (χ1) is 15.9. The number of methoxy groups -OCH3 is 1. The number of hydrogen-bond acceptors (Lipinski definition) is 7. The van der Waals surface area contributed by atoms with Gasteiger partial charge < -0.3 is 14.2 Å². The molecule has 3 rings (SSSR count). The summed E-state index contributed by atoms with van der Waals surface area (Å²) in [5.41, 5.74) is 1.69. The molecule has 0 N–H and O–H groups in total. The zero-order valence-electron chi connectivity index (χ0n) is 20.2. The maximum atomic E-state index is 13.1. The number of thioether (sulfide) groups is 1. The minimum Gasteiger partial charge on any atom is -0.493 e. The van der Waals surface area contributed by atoms with Crippen LogP contribution in [0.2, 0.25) is 0 Å². The van der Waals surface area contributed by atoms with E-state index in [1.54, 1.807) is 32.8 Å². The standard InChI is InChI=1S/C25H34N2O5S/c1-6-7-8-9-13-31-19-11-10-18(15-20(19)30-5)23-22(24(29)32-16(2)3)17(4)26-25-27(23)21(28)12-14-33-25/h10-11,15-16,23H,6-9,12-14H2,1-5H3/t23-/m1/s1. The van der Waals surface area contributed by atoms with Gasteiger partial charge in [0.1, 0.15) is 0 Å². The van der Waals surface area contributed by atoms with Gasteiger partial charge in [0, 0.05) is 12.2 Å². The van der Waals surface area contributed by atoms with Gasteiger partial charge in [0.15, 0.2) is 16.7 Å². The van der Waals surface area contributed by atoms with E-state index in [1.807, 2.05) is 18.2 Å². The average molecular weight is 475 g/mol. The zero-order chi connectivity index (χ0) is 24.0. The molecule has 1 aromatic carbocycles. The average Bonchev–Trinajstić information content (AvgIpc) is 2.77. The summed E-state index contributed by atoms with van der Waals surface area (Å²) in [5, 5.41) is 0.616. The van der Waals surface area contributed by atoms with Crippen LogP contribution in [0, 0.1) is 0 Å². The Balaban J connectivity index is 1.96. The van der Waals surface area contributed by atoms with E-state index >= 15 is 0 Å². The summed E-state index contributed by atoms with van der Waals surface area (Å²) in [6.45, 7) is 8.19. The predicted molar refractivity (Wildman–Crippen MR) is 131 cm³/mol. The van der Waals surface area contributed by atoms with Crippen LogP contribution in [-0.2, 0) is 14.3 Å². The van der Waals surface area contributed by atoms with Gasteiger partial charge in [-0.15, -0.1) is 0 Å². The first kappa shape index (κ1) is 25.1. The molecule has 0 aliphatic carbocycles. The van der Waals surface area contributed by atoms with Crippen molar-refractivity contribution in [1.82, 2.24) is 4.90 Å². The smallest absolute Gasteiger partial charge is 0.338 e. The molecular formula is C25H34N2O5S. The molecule has 33 heavy (non-hydrogen) atoms. The van der Waals surface area contributed by atoms with Crippen LogP contribution in [0.25, 0.3) is 0 Å². The molecular weight excluding hydrogens is 440 g/mol. The summed E-state index contributed by atoms with van der Waals surface area (Å²) < 4.78 is 17.1. The molecule has 0 unspecified atom stereocenters. The second-order valence-electron chi connectivity index (χ2n) is 8.43. The molecule has 2 aliphatic heterocycles. The molecule has 0 bridgehead atoms. The van der Waals surface area contributed by atoms with Gasteiger partial charge >= 0.3 is 5.97 Å². The lowest BCUT2D eigenvalue weighted by molar-refractivity contribution is -0.143. The number of ether oxygens (including phenoxy) is 3. The van der Waals surface area contributed by atoms with E-state index in [-0.39, 0.29) is 12.0 Å². The highest BCUT2D eigenvalue weighted by molar-refractivity contribution is 8.14. The highest BCUT2D eigenvalue weighted by atomic mass is 32.2. The van der Waals surface area contributed by atoms with Crippen molar-refractivity contribution in [1.29, 1.82) is 0 Å². The third-order valence-corrected chi connectivity index (χ3v) is 6.48. The van der Waals surface area contributed by atoms with Crippen LogP contribution in [0.5, 0.6) is 11.5 Å². The molecule has 1 amide bonds. The molecule has 0 spiro atoms. The third kappa shape index (κ3) is 5.91. The number of benzene rings is 1. The SMILES string of the molecule is CCCCCCOc1ccc([C@@H]2C(C(=O)OC(C)C)=C(C)N=C3SCCC(=O)N32)cc1OC. The molecule has 7 nitrogen and oxygen atoms in total. The largest absolute Gasteiger partial charge is 0.493 e. The van der Waals surface area contributed by atoms with E-state index in [1.165, 1.54) is 24.6 Å². The number of amides is 1. The number of hydrogen-bond donors (Lipinski definition) is 0. The van der Waals surface area contributed by atoms with Crippen molar-refractivity contribution in [3.05, 3.63) is 35.0 Å². The second-order valence-corrected chi connectivity index (χ2v) is 9.49. The lowest BCUT2D eigenvalue weighted by atomic mass is 9.93. The number of carbonyl (C=O) groups is 2.